The summed E-state index contributed by atoms with van der Waals surface area (Å²) in [5.74, 6) is 0. The summed E-state index contributed by atoms with van der Waals surface area (Å²) >= 11 is 7.42. The molecule has 0 amide bonds. The van der Waals surface area contributed by atoms with Gasteiger partial charge in [-0.2, -0.15) is 0 Å². The van der Waals surface area contributed by atoms with Crippen LogP contribution in [-0.4, -0.2) is 12.0 Å². The molecule has 1 aromatic heterocycles. The Morgan fingerprint density at radius 2 is 2.40 bits per heavy atom. The molecule has 0 fully saturated rings. The zero-order valence-electron chi connectivity index (χ0n) is 5.94. The molecule has 1 rings (SSSR count). The van der Waals surface area contributed by atoms with E-state index in [1.807, 2.05) is 14.0 Å². The highest BCUT2D eigenvalue weighted by Gasteiger charge is 2.03. The van der Waals surface area contributed by atoms with E-state index in [-0.39, 0.29) is 0 Å². The first-order chi connectivity index (χ1) is 4.74. The van der Waals surface area contributed by atoms with Crippen LogP contribution in [0.2, 0.25) is 5.15 Å². The van der Waals surface area contributed by atoms with Crippen molar-refractivity contribution in [2.75, 3.05) is 7.05 Å². The molecule has 56 valence electrons. The van der Waals surface area contributed by atoms with Gasteiger partial charge in [-0.3, -0.25) is 0 Å². The summed E-state index contributed by atoms with van der Waals surface area (Å²) in [5.41, 5.74) is 0. The van der Waals surface area contributed by atoms with Crippen LogP contribution in [0.25, 0.3) is 0 Å². The number of thiazole rings is 1. The molecule has 0 aliphatic rings. The minimum Gasteiger partial charge on any atom is -0.315 e. The highest BCUT2D eigenvalue weighted by atomic mass is 35.5. The first-order valence-corrected chi connectivity index (χ1v) is 4.20. The van der Waals surface area contributed by atoms with E-state index >= 15 is 0 Å². The Hall–Kier alpha value is -0.120. The molecule has 0 aliphatic carbocycles. The fourth-order valence-electron chi connectivity index (χ4n) is 0.713. The third-order valence-corrected chi connectivity index (χ3v) is 2.49. The van der Waals surface area contributed by atoms with Gasteiger partial charge in [-0.05, 0) is 14.0 Å². The number of hydrogen-bond donors (Lipinski definition) is 1. The van der Waals surface area contributed by atoms with E-state index in [1.54, 1.807) is 11.3 Å². The van der Waals surface area contributed by atoms with Crippen molar-refractivity contribution in [1.82, 2.24) is 10.3 Å². The first-order valence-electron chi connectivity index (χ1n) is 3.00. The van der Waals surface area contributed by atoms with Crippen LogP contribution < -0.4 is 5.32 Å². The number of halogens is 1. The molecule has 0 spiro atoms. The molecule has 1 N–H and O–H groups in total. The van der Waals surface area contributed by atoms with Gasteiger partial charge in [0.05, 0.1) is 9.88 Å². The van der Waals surface area contributed by atoms with Crippen molar-refractivity contribution >= 4 is 22.9 Å². The van der Waals surface area contributed by atoms with E-state index in [0.29, 0.717) is 5.15 Å². The lowest BCUT2D eigenvalue weighted by Crippen LogP contribution is -2.03. The largest absolute Gasteiger partial charge is 0.315 e. The Morgan fingerprint density at radius 1 is 1.70 bits per heavy atom. The van der Waals surface area contributed by atoms with Crippen LogP contribution >= 0.6 is 22.9 Å². The van der Waals surface area contributed by atoms with Gasteiger partial charge in [0.1, 0.15) is 5.15 Å². The summed E-state index contributed by atoms with van der Waals surface area (Å²) in [6, 6.07) is 0. The fraction of sp³-hybridized carbons (Fsp3) is 0.500. The summed E-state index contributed by atoms with van der Waals surface area (Å²) < 4.78 is 0. The summed E-state index contributed by atoms with van der Waals surface area (Å²) in [7, 11) is 1.89. The zero-order chi connectivity index (χ0) is 7.56. The number of nitrogens with one attached hydrogen (secondary N) is 1. The van der Waals surface area contributed by atoms with Crippen LogP contribution in [0.1, 0.15) is 9.88 Å². The molecule has 0 atom stereocenters. The highest BCUT2D eigenvalue weighted by molar-refractivity contribution is 7.12. The molecule has 0 aromatic carbocycles. The summed E-state index contributed by atoms with van der Waals surface area (Å²) in [6.45, 7) is 2.76. The van der Waals surface area contributed by atoms with E-state index in [2.05, 4.69) is 10.3 Å². The quantitative estimate of drug-likeness (QED) is 0.744. The Kier molecular flexibility index (Phi) is 2.65. The van der Waals surface area contributed by atoms with Gasteiger partial charge < -0.3 is 5.32 Å². The standard InChI is InChI=1S/C6H9ClN2S/c1-4-9-6(7)5(10-4)3-8-2/h8H,3H2,1-2H3. The maximum atomic E-state index is 5.78. The Morgan fingerprint density at radius 3 is 2.80 bits per heavy atom. The van der Waals surface area contributed by atoms with Gasteiger partial charge in [-0.15, -0.1) is 11.3 Å². The molecule has 10 heavy (non-hydrogen) atoms. The molecular formula is C6H9ClN2S. The molecular weight excluding hydrogens is 168 g/mol. The molecule has 1 heterocycles. The van der Waals surface area contributed by atoms with E-state index in [0.717, 1.165) is 16.4 Å². The van der Waals surface area contributed by atoms with Crippen molar-refractivity contribution in [1.29, 1.82) is 0 Å². The van der Waals surface area contributed by atoms with Crippen LogP contribution in [0.15, 0.2) is 0 Å². The summed E-state index contributed by atoms with van der Waals surface area (Å²) in [6.07, 6.45) is 0. The second kappa shape index (κ2) is 3.32. The highest BCUT2D eigenvalue weighted by Crippen LogP contribution is 2.21. The topological polar surface area (TPSA) is 24.9 Å². The number of aryl methyl sites for hydroxylation is 1. The predicted octanol–water partition coefficient (Wildman–Crippen LogP) is 1.82. The normalized spacial score (nSPS) is 10.3. The number of hydrogen-bond acceptors (Lipinski definition) is 3. The van der Waals surface area contributed by atoms with E-state index in [4.69, 9.17) is 11.6 Å². The minimum absolute atomic E-state index is 0.636. The lowest BCUT2D eigenvalue weighted by atomic mass is 10.5. The van der Waals surface area contributed by atoms with Crippen molar-refractivity contribution in [3.63, 3.8) is 0 Å². The third kappa shape index (κ3) is 1.68. The van der Waals surface area contributed by atoms with Crippen molar-refractivity contribution in [3.05, 3.63) is 15.0 Å². The molecule has 0 unspecified atom stereocenters. The van der Waals surface area contributed by atoms with Gasteiger partial charge in [0.15, 0.2) is 0 Å². The van der Waals surface area contributed by atoms with Crippen molar-refractivity contribution in [2.45, 2.75) is 13.5 Å². The third-order valence-electron chi connectivity index (χ3n) is 1.09. The molecule has 4 heteroatoms. The first kappa shape index (κ1) is 7.98. The molecule has 0 saturated heterocycles. The van der Waals surface area contributed by atoms with Crippen molar-refractivity contribution < 1.29 is 0 Å². The van der Waals surface area contributed by atoms with Crippen molar-refractivity contribution in [3.8, 4) is 0 Å². The number of aromatic nitrogens is 1. The van der Waals surface area contributed by atoms with Gasteiger partial charge in [-0.1, -0.05) is 11.6 Å². The van der Waals surface area contributed by atoms with Gasteiger partial charge in [-0.25, -0.2) is 4.98 Å². The van der Waals surface area contributed by atoms with Crippen LogP contribution in [0.4, 0.5) is 0 Å². The van der Waals surface area contributed by atoms with Crippen LogP contribution in [-0.2, 0) is 6.54 Å². The summed E-state index contributed by atoms with van der Waals surface area (Å²) in [4.78, 5) is 5.19. The van der Waals surface area contributed by atoms with Gasteiger partial charge in [0.2, 0.25) is 0 Å². The average Bonchev–Trinajstić information content (AvgIpc) is 2.13. The van der Waals surface area contributed by atoms with Gasteiger partial charge in [0, 0.05) is 6.54 Å². The zero-order valence-corrected chi connectivity index (χ0v) is 7.51. The monoisotopic (exact) mass is 176 g/mol. The molecule has 0 bridgehead atoms. The minimum atomic E-state index is 0.636. The lowest BCUT2D eigenvalue weighted by molar-refractivity contribution is 0.829. The number of rotatable bonds is 2. The maximum Gasteiger partial charge on any atom is 0.144 e. The molecule has 0 saturated carbocycles. The Labute approximate surface area is 69.2 Å². The van der Waals surface area contributed by atoms with Crippen LogP contribution in [0.3, 0.4) is 0 Å². The average molecular weight is 177 g/mol. The van der Waals surface area contributed by atoms with Gasteiger partial charge in [0.25, 0.3) is 0 Å². The SMILES string of the molecule is CNCc1sc(C)nc1Cl. The van der Waals surface area contributed by atoms with E-state index in [9.17, 15) is 0 Å². The molecule has 1 aromatic rings. The second-order valence-electron chi connectivity index (χ2n) is 1.98. The predicted molar refractivity (Wildman–Crippen MR) is 44.6 cm³/mol. The fourth-order valence-corrected chi connectivity index (χ4v) is 1.91. The maximum absolute atomic E-state index is 5.78. The van der Waals surface area contributed by atoms with Crippen LogP contribution in [0.5, 0.6) is 0 Å². The lowest BCUT2D eigenvalue weighted by Gasteiger charge is -1.91. The molecule has 0 aliphatic heterocycles. The van der Waals surface area contributed by atoms with E-state index < -0.39 is 0 Å². The molecule has 0 radical (unpaired) electrons. The van der Waals surface area contributed by atoms with Crippen LogP contribution in [0, 0.1) is 6.92 Å². The van der Waals surface area contributed by atoms with Crippen molar-refractivity contribution in [2.24, 2.45) is 0 Å². The Bertz CT molecular complexity index is 222. The smallest absolute Gasteiger partial charge is 0.144 e. The Balaban J connectivity index is 2.81. The molecule has 2 nitrogen and oxygen atoms in total. The van der Waals surface area contributed by atoms with Gasteiger partial charge >= 0.3 is 0 Å². The number of nitrogens with zero attached hydrogens (tertiary/aromatic N) is 1. The second-order valence-corrected chi connectivity index (χ2v) is 3.62. The van der Waals surface area contributed by atoms with E-state index in [1.165, 1.54) is 0 Å². The summed E-state index contributed by atoms with van der Waals surface area (Å²) in [5, 5.41) is 4.68.